The number of carbonyl (C=O) groups excluding carboxylic acids is 1. The van der Waals surface area contributed by atoms with E-state index in [1.807, 2.05) is 11.4 Å². The normalized spacial score (nSPS) is 11.5. The number of thiophene rings is 1. The van der Waals surface area contributed by atoms with E-state index in [1.54, 1.807) is 0 Å². The molecule has 2 N–H and O–H groups in total. The highest BCUT2D eigenvalue weighted by atomic mass is 32.1. The topological polar surface area (TPSA) is 66.9 Å². The summed E-state index contributed by atoms with van der Waals surface area (Å²) >= 11 is 1.50. The van der Waals surface area contributed by atoms with Gasteiger partial charge < -0.3 is 10.6 Å². The van der Waals surface area contributed by atoms with Crippen LogP contribution in [0.2, 0.25) is 0 Å². The van der Waals surface area contributed by atoms with Crippen LogP contribution in [0.3, 0.4) is 0 Å². The summed E-state index contributed by atoms with van der Waals surface area (Å²) in [4.78, 5) is 21.1. The number of hydrogen-bond donors (Lipinski definition) is 2. The number of rotatable bonds is 5. The average Bonchev–Trinajstić information content (AvgIpc) is 3.07. The van der Waals surface area contributed by atoms with E-state index in [0.29, 0.717) is 18.9 Å². The van der Waals surface area contributed by atoms with Crippen LogP contribution in [-0.2, 0) is 6.18 Å². The van der Waals surface area contributed by atoms with E-state index >= 15 is 0 Å². The van der Waals surface area contributed by atoms with Crippen LogP contribution in [0.5, 0.6) is 0 Å². The van der Waals surface area contributed by atoms with E-state index in [2.05, 4.69) is 20.6 Å². The minimum Gasteiger partial charge on any atom is -0.368 e. The highest BCUT2D eigenvalue weighted by Crippen LogP contribution is 2.29. The van der Waals surface area contributed by atoms with Gasteiger partial charge >= 0.3 is 6.18 Å². The van der Waals surface area contributed by atoms with E-state index in [9.17, 15) is 18.0 Å². The quantitative estimate of drug-likeness (QED) is 0.678. The average molecular weight is 366 g/mol. The lowest BCUT2D eigenvalue weighted by molar-refractivity contribution is -0.137. The molecule has 0 atom stereocenters. The number of nitrogens with zero attached hydrogens (tertiary/aromatic N) is 2. The van der Waals surface area contributed by atoms with Crippen molar-refractivity contribution >= 4 is 33.3 Å². The number of halogens is 3. The van der Waals surface area contributed by atoms with Gasteiger partial charge in [-0.1, -0.05) is 0 Å². The first-order chi connectivity index (χ1) is 11.9. The number of hydrogen-bond acceptors (Lipinski definition) is 5. The molecule has 0 bridgehead atoms. The van der Waals surface area contributed by atoms with Crippen LogP contribution in [0, 0.1) is 0 Å². The summed E-state index contributed by atoms with van der Waals surface area (Å²) in [5.74, 6) is 0.244. The van der Waals surface area contributed by atoms with Crippen LogP contribution in [-0.4, -0.2) is 29.0 Å². The predicted octanol–water partition coefficient (Wildman–Crippen LogP) is 3.55. The fourth-order valence-electron chi connectivity index (χ4n) is 2.20. The maximum absolute atomic E-state index is 12.5. The molecule has 3 aromatic rings. The number of aromatic nitrogens is 2. The van der Waals surface area contributed by atoms with E-state index in [0.717, 1.165) is 34.5 Å². The molecule has 9 heteroatoms. The van der Waals surface area contributed by atoms with Crippen molar-refractivity contribution in [3.63, 3.8) is 0 Å². The van der Waals surface area contributed by atoms with Gasteiger partial charge in [-0.05, 0) is 35.7 Å². The molecule has 0 radical (unpaired) electrons. The van der Waals surface area contributed by atoms with Gasteiger partial charge in [-0.2, -0.15) is 13.2 Å². The maximum Gasteiger partial charge on any atom is 0.416 e. The Kier molecular flexibility index (Phi) is 4.84. The zero-order chi connectivity index (χ0) is 17.9. The predicted molar refractivity (Wildman–Crippen MR) is 89.7 cm³/mol. The molecule has 0 saturated carbocycles. The van der Waals surface area contributed by atoms with Crippen LogP contribution >= 0.6 is 11.3 Å². The molecule has 0 aliphatic heterocycles. The second kappa shape index (κ2) is 7.06. The summed E-state index contributed by atoms with van der Waals surface area (Å²) < 4.78 is 37.5. The molecule has 1 aromatic carbocycles. The van der Waals surface area contributed by atoms with Crippen molar-refractivity contribution in [2.24, 2.45) is 0 Å². The molecule has 0 saturated heterocycles. The summed E-state index contributed by atoms with van der Waals surface area (Å²) in [5.41, 5.74) is -0.607. The van der Waals surface area contributed by atoms with Crippen LogP contribution in [0.1, 0.15) is 15.9 Å². The zero-order valence-corrected chi connectivity index (χ0v) is 13.6. The molecule has 1 amide bonds. The number of alkyl halides is 3. The Bertz CT molecular complexity index is 877. The monoisotopic (exact) mass is 366 g/mol. The summed E-state index contributed by atoms with van der Waals surface area (Å²) in [5, 5.41) is 8.57. The Labute approximate surface area is 144 Å². The summed E-state index contributed by atoms with van der Waals surface area (Å²) in [6, 6.07) is 6.00. The van der Waals surface area contributed by atoms with Gasteiger partial charge in [0.2, 0.25) is 0 Å². The molecule has 0 aliphatic rings. The molecular weight excluding hydrogens is 353 g/mol. The van der Waals surface area contributed by atoms with Crippen molar-refractivity contribution in [3.8, 4) is 0 Å². The molecule has 0 fully saturated rings. The molecule has 5 nitrogen and oxygen atoms in total. The lowest BCUT2D eigenvalue weighted by Gasteiger charge is -2.09. The van der Waals surface area contributed by atoms with Gasteiger partial charge in [0.1, 0.15) is 17.0 Å². The van der Waals surface area contributed by atoms with Gasteiger partial charge in [-0.25, -0.2) is 9.97 Å². The number of benzene rings is 1. The molecule has 0 spiro atoms. The number of fused-ring (bicyclic) bond motifs is 1. The van der Waals surface area contributed by atoms with Crippen molar-refractivity contribution in [1.82, 2.24) is 15.3 Å². The van der Waals surface area contributed by atoms with E-state index in [1.165, 1.54) is 17.7 Å². The molecule has 25 heavy (non-hydrogen) atoms. The minimum atomic E-state index is -4.41. The standard InChI is InChI=1S/C16H13F3N4OS/c17-16(18,19)11-3-1-10(2-4-11)14(24)21-7-6-20-13-12-5-8-25-15(12)23-9-22-13/h1-5,8-9H,6-7H2,(H,21,24)(H,20,22,23). The first kappa shape index (κ1) is 17.2. The van der Waals surface area contributed by atoms with Crippen LogP contribution < -0.4 is 10.6 Å². The Morgan fingerprint density at radius 1 is 1.08 bits per heavy atom. The lowest BCUT2D eigenvalue weighted by atomic mass is 10.1. The molecule has 0 aliphatic carbocycles. The molecule has 3 rings (SSSR count). The minimum absolute atomic E-state index is 0.176. The van der Waals surface area contributed by atoms with Crippen molar-refractivity contribution in [1.29, 1.82) is 0 Å². The largest absolute Gasteiger partial charge is 0.416 e. The van der Waals surface area contributed by atoms with Crippen LogP contribution in [0.25, 0.3) is 10.2 Å². The van der Waals surface area contributed by atoms with Crippen LogP contribution in [0.4, 0.5) is 19.0 Å². The second-order valence-electron chi connectivity index (χ2n) is 5.12. The van der Waals surface area contributed by atoms with Crippen molar-refractivity contribution in [2.45, 2.75) is 6.18 Å². The van der Waals surface area contributed by atoms with Crippen molar-refractivity contribution < 1.29 is 18.0 Å². The Balaban J connectivity index is 1.52. The number of nitrogens with one attached hydrogen (secondary N) is 2. The van der Waals surface area contributed by atoms with Gasteiger partial charge in [0.15, 0.2) is 0 Å². The van der Waals surface area contributed by atoms with E-state index in [-0.39, 0.29) is 5.56 Å². The van der Waals surface area contributed by atoms with Gasteiger partial charge in [0.05, 0.1) is 10.9 Å². The van der Waals surface area contributed by atoms with E-state index < -0.39 is 17.6 Å². The third kappa shape index (κ3) is 4.05. The zero-order valence-electron chi connectivity index (χ0n) is 12.8. The van der Waals surface area contributed by atoms with Crippen LogP contribution in [0.15, 0.2) is 42.0 Å². The third-order valence-electron chi connectivity index (χ3n) is 3.44. The Morgan fingerprint density at radius 2 is 1.84 bits per heavy atom. The third-order valence-corrected chi connectivity index (χ3v) is 4.26. The van der Waals surface area contributed by atoms with Crippen molar-refractivity contribution in [3.05, 3.63) is 53.2 Å². The van der Waals surface area contributed by atoms with Gasteiger partial charge in [-0.3, -0.25) is 4.79 Å². The van der Waals surface area contributed by atoms with Gasteiger partial charge in [-0.15, -0.1) is 11.3 Å². The first-order valence-corrected chi connectivity index (χ1v) is 8.20. The number of carbonyl (C=O) groups is 1. The molecule has 130 valence electrons. The number of amides is 1. The lowest BCUT2D eigenvalue weighted by Crippen LogP contribution is -2.29. The first-order valence-electron chi connectivity index (χ1n) is 7.32. The highest BCUT2D eigenvalue weighted by molar-refractivity contribution is 7.16. The fourth-order valence-corrected chi connectivity index (χ4v) is 2.93. The SMILES string of the molecule is O=C(NCCNc1ncnc2sccc12)c1ccc(C(F)(F)F)cc1. The van der Waals surface area contributed by atoms with Gasteiger partial charge in [0, 0.05) is 18.7 Å². The summed E-state index contributed by atoms with van der Waals surface area (Å²) in [7, 11) is 0. The summed E-state index contributed by atoms with van der Waals surface area (Å²) in [6.07, 6.45) is -2.95. The second-order valence-corrected chi connectivity index (χ2v) is 6.01. The molecule has 2 heterocycles. The molecule has 2 aromatic heterocycles. The van der Waals surface area contributed by atoms with Crippen molar-refractivity contribution in [2.75, 3.05) is 18.4 Å². The van der Waals surface area contributed by atoms with Gasteiger partial charge in [0.25, 0.3) is 5.91 Å². The number of anilines is 1. The Hall–Kier alpha value is -2.68. The summed E-state index contributed by atoms with van der Waals surface area (Å²) in [6.45, 7) is 0.726. The maximum atomic E-state index is 12.5. The van der Waals surface area contributed by atoms with E-state index in [4.69, 9.17) is 0 Å². The highest BCUT2D eigenvalue weighted by Gasteiger charge is 2.30. The molecule has 0 unspecified atom stereocenters. The molecular formula is C16H13F3N4OS. The smallest absolute Gasteiger partial charge is 0.368 e. The Morgan fingerprint density at radius 3 is 2.56 bits per heavy atom. The fraction of sp³-hybridized carbons (Fsp3) is 0.188.